The van der Waals surface area contributed by atoms with Crippen LogP contribution in [0.2, 0.25) is 0 Å². The molecule has 104 valence electrons. The van der Waals surface area contributed by atoms with Crippen molar-refractivity contribution >= 4 is 31.9 Å². The number of aryl methyl sites for hydroxylation is 2. The zero-order valence-electron chi connectivity index (χ0n) is 11.2. The Morgan fingerprint density at radius 1 is 0.947 bits per heavy atom. The number of hydrogen-bond donors (Lipinski definition) is 0. The second kappa shape index (κ2) is 6.22. The lowest BCUT2D eigenvalue weighted by Crippen LogP contribution is -2.32. The number of imidazole rings is 2. The third-order valence-corrected chi connectivity index (χ3v) is 5.85. The lowest BCUT2D eigenvalue weighted by atomic mass is 9.84. The monoisotopic (exact) mass is 388 g/mol. The topological polar surface area (TPSA) is 35.6 Å². The van der Waals surface area contributed by atoms with Crippen LogP contribution in [0.25, 0.3) is 0 Å². The molecule has 0 fully saturated rings. The molecular formula is C13H18Br2N4. The van der Waals surface area contributed by atoms with E-state index in [2.05, 4.69) is 51.0 Å². The number of nitrogens with zero attached hydrogens (tertiary/aromatic N) is 4. The minimum Gasteiger partial charge on any atom is -0.338 e. The van der Waals surface area contributed by atoms with Crippen LogP contribution in [0.5, 0.6) is 0 Å². The van der Waals surface area contributed by atoms with Crippen LogP contribution < -0.4 is 0 Å². The average Bonchev–Trinajstić information content (AvgIpc) is 2.99. The van der Waals surface area contributed by atoms with Gasteiger partial charge in [-0.05, 0) is 0 Å². The quantitative estimate of drug-likeness (QED) is 0.712. The molecule has 0 saturated heterocycles. The molecule has 0 aliphatic heterocycles. The lowest BCUT2D eigenvalue weighted by molar-refractivity contribution is 0.360. The van der Waals surface area contributed by atoms with Gasteiger partial charge in [-0.2, -0.15) is 0 Å². The Bertz CT molecular complexity index is 484. The van der Waals surface area contributed by atoms with E-state index in [9.17, 15) is 0 Å². The van der Waals surface area contributed by atoms with Crippen LogP contribution in [0.4, 0.5) is 0 Å². The van der Waals surface area contributed by atoms with Gasteiger partial charge >= 0.3 is 0 Å². The Hall–Kier alpha value is -0.620. The molecule has 2 aromatic rings. The molecule has 2 heterocycles. The van der Waals surface area contributed by atoms with Gasteiger partial charge in [0, 0.05) is 67.8 Å². The molecule has 19 heavy (non-hydrogen) atoms. The van der Waals surface area contributed by atoms with Gasteiger partial charge in [-0.25, -0.2) is 9.97 Å². The summed E-state index contributed by atoms with van der Waals surface area (Å²) >= 11 is 7.34. The van der Waals surface area contributed by atoms with E-state index in [0.717, 1.165) is 35.2 Å². The molecule has 2 aromatic heterocycles. The molecule has 0 amide bonds. The maximum absolute atomic E-state index is 4.44. The number of aromatic nitrogens is 4. The largest absolute Gasteiger partial charge is 0.338 e. The molecule has 0 saturated carbocycles. The number of hydrogen-bond acceptors (Lipinski definition) is 2. The highest BCUT2D eigenvalue weighted by Crippen LogP contribution is 2.31. The van der Waals surface area contributed by atoms with Crippen LogP contribution in [0.3, 0.4) is 0 Å². The van der Waals surface area contributed by atoms with Gasteiger partial charge in [-0.1, -0.05) is 31.9 Å². The fraction of sp³-hybridized carbons (Fsp3) is 0.538. The Morgan fingerprint density at radius 3 is 1.63 bits per heavy atom. The molecule has 0 N–H and O–H groups in total. The van der Waals surface area contributed by atoms with E-state index in [4.69, 9.17) is 0 Å². The number of halogens is 2. The maximum Gasteiger partial charge on any atom is 0.108 e. The zero-order valence-corrected chi connectivity index (χ0v) is 14.4. The van der Waals surface area contributed by atoms with Crippen LogP contribution in [-0.4, -0.2) is 29.8 Å². The highest BCUT2D eigenvalue weighted by Gasteiger charge is 2.31. The molecule has 0 radical (unpaired) electrons. The van der Waals surface area contributed by atoms with Crippen molar-refractivity contribution in [3.63, 3.8) is 0 Å². The molecule has 0 bridgehead atoms. The molecule has 0 unspecified atom stereocenters. The first-order valence-electron chi connectivity index (χ1n) is 6.14. The standard InChI is InChI=1S/C13H18Br2N4/c1-18-5-3-16-11(18)7-13(9-14,10-15)8-12-17-4-6-19(12)2/h3-6H,7-10H2,1-2H3. The van der Waals surface area contributed by atoms with Crippen molar-refractivity contribution in [3.05, 3.63) is 36.4 Å². The van der Waals surface area contributed by atoms with E-state index >= 15 is 0 Å². The summed E-state index contributed by atoms with van der Waals surface area (Å²) in [6.07, 6.45) is 9.51. The number of rotatable bonds is 6. The van der Waals surface area contributed by atoms with Gasteiger partial charge in [-0.15, -0.1) is 0 Å². The molecule has 0 aliphatic rings. The van der Waals surface area contributed by atoms with Crippen LogP contribution in [0.15, 0.2) is 24.8 Å². The molecule has 6 heteroatoms. The van der Waals surface area contributed by atoms with E-state index in [1.54, 1.807) is 0 Å². The van der Waals surface area contributed by atoms with Crippen LogP contribution in [-0.2, 0) is 26.9 Å². The molecule has 0 aromatic carbocycles. The molecule has 4 nitrogen and oxygen atoms in total. The summed E-state index contributed by atoms with van der Waals surface area (Å²) in [6.45, 7) is 0. The zero-order chi connectivity index (χ0) is 13.9. The summed E-state index contributed by atoms with van der Waals surface area (Å²) in [7, 11) is 4.08. The van der Waals surface area contributed by atoms with Crippen molar-refractivity contribution in [2.45, 2.75) is 12.8 Å². The summed E-state index contributed by atoms with van der Waals surface area (Å²) in [4.78, 5) is 8.88. The Labute approximate surface area is 130 Å². The van der Waals surface area contributed by atoms with Gasteiger partial charge in [0.05, 0.1) is 0 Å². The Kier molecular flexibility index (Phi) is 4.84. The van der Waals surface area contributed by atoms with E-state index in [-0.39, 0.29) is 5.41 Å². The first-order valence-corrected chi connectivity index (χ1v) is 8.39. The highest BCUT2D eigenvalue weighted by atomic mass is 79.9. The predicted octanol–water partition coefficient (Wildman–Crippen LogP) is 2.72. The average molecular weight is 390 g/mol. The molecule has 0 atom stereocenters. The lowest BCUT2D eigenvalue weighted by Gasteiger charge is -2.29. The second-order valence-corrected chi connectivity index (χ2v) is 6.15. The van der Waals surface area contributed by atoms with Crippen molar-refractivity contribution < 1.29 is 0 Å². The van der Waals surface area contributed by atoms with Crippen LogP contribution in [0, 0.1) is 5.41 Å². The SMILES string of the molecule is Cn1ccnc1CC(CBr)(CBr)Cc1nccn1C. The normalized spacial score (nSPS) is 12.0. The summed E-state index contributed by atoms with van der Waals surface area (Å²) in [6, 6.07) is 0. The van der Waals surface area contributed by atoms with Crippen molar-refractivity contribution in [3.8, 4) is 0 Å². The van der Waals surface area contributed by atoms with Gasteiger partial charge < -0.3 is 9.13 Å². The van der Waals surface area contributed by atoms with E-state index in [1.807, 2.05) is 38.9 Å². The first kappa shape index (κ1) is 14.8. The molecular weight excluding hydrogens is 372 g/mol. The summed E-state index contributed by atoms with van der Waals surface area (Å²) in [5, 5.41) is 1.82. The van der Waals surface area contributed by atoms with Gasteiger partial charge in [0.2, 0.25) is 0 Å². The third kappa shape index (κ3) is 3.28. The van der Waals surface area contributed by atoms with Crippen LogP contribution in [0.1, 0.15) is 11.6 Å². The van der Waals surface area contributed by atoms with Crippen LogP contribution >= 0.6 is 31.9 Å². The minimum atomic E-state index is 0.0816. The summed E-state index contributed by atoms with van der Waals surface area (Å²) in [5.74, 6) is 2.21. The summed E-state index contributed by atoms with van der Waals surface area (Å²) < 4.78 is 4.16. The molecule has 2 rings (SSSR count). The first-order chi connectivity index (χ1) is 9.10. The fourth-order valence-corrected chi connectivity index (χ4v) is 3.81. The van der Waals surface area contributed by atoms with Gasteiger partial charge in [-0.3, -0.25) is 0 Å². The molecule has 0 spiro atoms. The third-order valence-electron chi connectivity index (χ3n) is 3.48. The van der Waals surface area contributed by atoms with Gasteiger partial charge in [0.1, 0.15) is 11.6 Å². The Balaban J connectivity index is 2.22. The second-order valence-electron chi connectivity index (χ2n) is 5.03. The van der Waals surface area contributed by atoms with Crippen molar-refractivity contribution in [1.82, 2.24) is 19.1 Å². The van der Waals surface area contributed by atoms with Crippen molar-refractivity contribution in [2.24, 2.45) is 19.5 Å². The fourth-order valence-electron chi connectivity index (χ4n) is 2.09. The smallest absolute Gasteiger partial charge is 0.108 e. The summed E-state index contributed by atoms with van der Waals surface area (Å²) in [5.41, 5.74) is 0.0816. The highest BCUT2D eigenvalue weighted by molar-refractivity contribution is 9.09. The maximum atomic E-state index is 4.44. The van der Waals surface area contributed by atoms with Gasteiger partial charge in [0.15, 0.2) is 0 Å². The minimum absolute atomic E-state index is 0.0816. The van der Waals surface area contributed by atoms with E-state index in [1.165, 1.54) is 0 Å². The van der Waals surface area contributed by atoms with Gasteiger partial charge in [0.25, 0.3) is 0 Å². The van der Waals surface area contributed by atoms with Crippen molar-refractivity contribution in [1.29, 1.82) is 0 Å². The van der Waals surface area contributed by atoms with E-state index in [0.29, 0.717) is 0 Å². The predicted molar refractivity (Wildman–Crippen MR) is 83.8 cm³/mol. The Morgan fingerprint density at radius 2 is 1.37 bits per heavy atom. The van der Waals surface area contributed by atoms with Crippen molar-refractivity contribution in [2.75, 3.05) is 10.7 Å². The molecule has 0 aliphatic carbocycles. The van der Waals surface area contributed by atoms with E-state index < -0.39 is 0 Å². The number of alkyl halides is 2.